The molecule has 0 aromatic heterocycles. The molecule has 1 aromatic rings. The molecule has 0 atom stereocenters. The largest absolute Gasteiger partial charge is 0.463 e. The maximum atomic E-state index is 11.5. The number of esters is 1. The van der Waals surface area contributed by atoms with Gasteiger partial charge in [0.15, 0.2) is 5.96 Å². The Bertz CT molecular complexity index is 484. The minimum atomic E-state index is -0.209. The molecule has 0 saturated carbocycles. The summed E-state index contributed by atoms with van der Waals surface area (Å²) in [4.78, 5) is 17.1. The van der Waals surface area contributed by atoms with Crippen molar-refractivity contribution >= 4 is 47.7 Å². The maximum absolute atomic E-state index is 11.5. The van der Waals surface area contributed by atoms with E-state index in [-0.39, 0.29) is 36.0 Å². The fraction of sp³-hybridized carbons (Fsp3) is 0.529. The van der Waals surface area contributed by atoms with Gasteiger partial charge in [-0.25, -0.2) is 0 Å². The highest BCUT2D eigenvalue weighted by Crippen LogP contribution is 2.15. The lowest BCUT2D eigenvalue weighted by molar-refractivity contribution is -0.147. The van der Waals surface area contributed by atoms with Gasteiger partial charge >= 0.3 is 5.97 Å². The van der Waals surface area contributed by atoms with E-state index in [0.29, 0.717) is 13.0 Å². The summed E-state index contributed by atoms with van der Waals surface area (Å²) in [6.45, 7) is 7.72. The van der Waals surface area contributed by atoms with Crippen molar-refractivity contribution in [1.29, 1.82) is 0 Å². The number of nitrogens with one attached hydrogen (secondary N) is 2. The summed E-state index contributed by atoms with van der Waals surface area (Å²) in [7, 11) is 0. The van der Waals surface area contributed by atoms with E-state index >= 15 is 0 Å². The molecule has 7 heteroatoms. The molecule has 0 saturated heterocycles. The first kappa shape index (κ1) is 23.0. The zero-order valence-electron chi connectivity index (χ0n) is 14.6. The summed E-state index contributed by atoms with van der Waals surface area (Å²) in [6.07, 6.45) is 0.223. The van der Waals surface area contributed by atoms with Crippen LogP contribution in [0.5, 0.6) is 0 Å². The van der Waals surface area contributed by atoms with Crippen molar-refractivity contribution < 1.29 is 9.53 Å². The molecule has 136 valence electrons. The van der Waals surface area contributed by atoms with Gasteiger partial charge in [-0.15, -0.1) is 35.7 Å². The van der Waals surface area contributed by atoms with E-state index in [1.165, 1.54) is 4.90 Å². The van der Waals surface area contributed by atoms with Crippen molar-refractivity contribution in [1.82, 2.24) is 10.6 Å². The molecular weight excluding hydrogens is 437 g/mol. The van der Waals surface area contributed by atoms with Gasteiger partial charge in [0, 0.05) is 23.7 Å². The summed E-state index contributed by atoms with van der Waals surface area (Å²) in [6, 6.07) is 10.3. The second kappa shape index (κ2) is 14.4. The minimum absolute atomic E-state index is 0. The van der Waals surface area contributed by atoms with Crippen LogP contribution in [0.25, 0.3) is 0 Å². The first-order valence-electron chi connectivity index (χ1n) is 8.01. The molecule has 0 aliphatic rings. The number of thioether (sulfide) groups is 1. The molecule has 2 N–H and O–H groups in total. The summed E-state index contributed by atoms with van der Waals surface area (Å²) in [5.74, 6) is 1.47. The van der Waals surface area contributed by atoms with Crippen LogP contribution in [0.4, 0.5) is 0 Å². The summed E-state index contributed by atoms with van der Waals surface area (Å²) in [5.41, 5.74) is 0. The monoisotopic (exact) mass is 465 g/mol. The Hall–Kier alpha value is -0.960. The Labute approximate surface area is 166 Å². The molecule has 0 aliphatic carbocycles. The highest BCUT2D eigenvalue weighted by molar-refractivity contribution is 14.0. The van der Waals surface area contributed by atoms with Crippen molar-refractivity contribution in [3.05, 3.63) is 30.3 Å². The predicted octanol–water partition coefficient (Wildman–Crippen LogP) is 3.29. The van der Waals surface area contributed by atoms with Crippen LogP contribution in [0.1, 0.15) is 27.2 Å². The van der Waals surface area contributed by atoms with Crippen LogP contribution in [0.3, 0.4) is 0 Å². The Balaban J connectivity index is 0.00000529. The van der Waals surface area contributed by atoms with Gasteiger partial charge in [-0.1, -0.05) is 18.2 Å². The second-order valence-electron chi connectivity index (χ2n) is 5.14. The van der Waals surface area contributed by atoms with Crippen LogP contribution in [0.15, 0.2) is 40.2 Å². The van der Waals surface area contributed by atoms with Crippen molar-refractivity contribution in [3.63, 3.8) is 0 Å². The second-order valence-corrected chi connectivity index (χ2v) is 6.31. The van der Waals surface area contributed by atoms with E-state index in [1.807, 2.05) is 39.0 Å². The molecule has 0 radical (unpaired) electrons. The third-order valence-electron chi connectivity index (χ3n) is 2.70. The van der Waals surface area contributed by atoms with Crippen LogP contribution in [0.2, 0.25) is 0 Å². The molecule has 0 spiro atoms. The van der Waals surface area contributed by atoms with Crippen LogP contribution in [-0.2, 0) is 9.53 Å². The number of aliphatic imine (C=N–C) groups is 1. The van der Waals surface area contributed by atoms with Crippen molar-refractivity contribution in [2.45, 2.75) is 38.2 Å². The lowest BCUT2D eigenvalue weighted by Gasteiger charge is -2.11. The van der Waals surface area contributed by atoms with Gasteiger partial charge in [-0.3, -0.25) is 9.79 Å². The van der Waals surface area contributed by atoms with E-state index in [2.05, 4.69) is 27.8 Å². The van der Waals surface area contributed by atoms with Crippen molar-refractivity contribution in [2.24, 2.45) is 4.99 Å². The average Bonchev–Trinajstić information content (AvgIpc) is 2.51. The summed E-state index contributed by atoms with van der Waals surface area (Å²) in [5, 5.41) is 6.44. The number of halogens is 1. The van der Waals surface area contributed by atoms with Gasteiger partial charge < -0.3 is 15.4 Å². The molecule has 0 aliphatic heterocycles. The maximum Gasteiger partial charge on any atom is 0.307 e. The van der Waals surface area contributed by atoms with Gasteiger partial charge in [-0.05, 0) is 32.9 Å². The molecule has 0 amide bonds. The summed E-state index contributed by atoms with van der Waals surface area (Å²) >= 11 is 1.80. The van der Waals surface area contributed by atoms with Gasteiger partial charge in [0.05, 0.1) is 19.1 Å². The van der Waals surface area contributed by atoms with Crippen molar-refractivity contribution in [3.8, 4) is 0 Å². The third-order valence-corrected chi connectivity index (χ3v) is 3.72. The number of hydrogen-bond donors (Lipinski definition) is 2. The smallest absolute Gasteiger partial charge is 0.307 e. The van der Waals surface area contributed by atoms with Gasteiger partial charge in [0.25, 0.3) is 0 Å². The molecule has 1 rings (SSSR count). The Morgan fingerprint density at radius 3 is 2.58 bits per heavy atom. The molecule has 1 aromatic carbocycles. The highest BCUT2D eigenvalue weighted by atomic mass is 127. The van der Waals surface area contributed by atoms with E-state index in [4.69, 9.17) is 4.74 Å². The number of guanidine groups is 1. The number of benzene rings is 1. The lowest BCUT2D eigenvalue weighted by Crippen LogP contribution is -2.38. The molecule has 0 unspecified atom stereocenters. The molecule has 0 bridgehead atoms. The third kappa shape index (κ3) is 11.6. The van der Waals surface area contributed by atoms with E-state index in [0.717, 1.165) is 24.8 Å². The van der Waals surface area contributed by atoms with Crippen LogP contribution >= 0.6 is 35.7 Å². The van der Waals surface area contributed by atoms with Crippen LogP contribution < -0.4 is 10.6 Å². The summed E-state index contributed by atoms with van der Waals surface area (Å²) < 4.78 is 5.09. The Kier molecular flexibility index (Phi) is 13.8. The number of nitrogens with zero attached hydrogens (tertiary/aromatic N) is 1. The standard InChI is InChI=1S/C17H27N3O2S.HI/c1-4-18-17(19-11-10-16(21)22-14(2)3)20-12-13-23-15-8-6-5-7-9-15;/h5-9,14H,4,10-13H2,1-3H3,(H2,18,19,20);1H. The first-order chi connectivity index (χ1) is 11.1. The number of rotatable bonds is 9. The normalized spacial score (nSPS) is 10.9. The molecule has 5 nitrogen and oxygen atoms in total. The topological polar surface area (TPSA) is 62.7 Å². The number of hydrogen-bond acceptors (Lipinski definition) is 4. The Morgan fingerprint density at radius 2 is 1.96 bits per heavy atom. The predicted molar refractivity (Wildman–Crippen MR) is 112 cm³/mol. The molecule has 0 heterocycles. The molecule has 0 fully saturated rings. The zero-order chi connectivity index (χ0) is 16.9. The average molecular weight is 465 g/mol. The molecule has 24 heavy (non-hydrogen) atoms. The van der Waals surface area contributed by atoms with Crippen LogP contribution in [0, 0.1) is 0 Å². The fourth-order valence-electron chi connectivity index (χ4n) is 1.78. The zero-order valence-corrected chi connectivity index (χ0v) is 17.7. The number of ether oxygens (including phenoxy) is 1. The molecular formula is C17H28IN3O2S. The fourth-order valence-corrected chi connectivity index (χ4v) is 2.57. The SMILES string of the molecule is CCNC(=NCCC(=O)OC(C)C)NCCSc1ccccc1.I. The van der Waals surface area contributed by atoms with Gasteiger partial charge in [0.2, 0.25) is 0 Å². The van der Waals surface area contributed by atoms with E-state index in [1.54, 1.807) is 11.8 Å². The van der Waals surface area contributed by atoms with Crippen LogP contribution in [-0.4, -0.2) is 43.4 Å². The van der Waals surface area contributed by atoms with Crippen molar-refractivity contribution in [2.75, 3.05) is 25.4 Å². The highest BCUT2D eigenvalue weighted by Gasteiger charge is 2.05. The van der Waals surface area contributed by atoms with Gasteiger partial charge in [-0.2, -0.15) is 0 Å². The number of carbonyl (C=O) groups excluding carboxylic acids is 1. The first-order valence-corrected chi connectivity index (χ1v) is 9.00. The van der Waals surface area contributed by atoms with Gasteiger partial charge in [0.1, 0.15) is 0 Å². The quantitative estimate of drug-likeness (QED) is 0.146. The lowest BCUT2D eigenvalue weighted by atomic mass is 10.4. The van der Waals surface area contributed by atoms with E-state index in [9.17, 15) is 4.79 Å². The van der Waals surface area contributed by atoms with E-state index < -0.39 is 0 Å². The Morgan fingerprint density at radius 1 is 1.25 bits per heavy atom. The number of carbonyl (C=O) groups is 1. The minimum Gasteiger partial charge on any atom is -0.463 e.